The summed E-state index contributed by atoms with van der Waals surface area (Å²) in [6.45, 7) is 2.87. The van der Waals surface area contributed by atoms with Crippen LogP contribution in [0.1, 0.15) is 28.8 Å². The van der Waals surface area contributed by atoms with E-state index < -0.39 is 0 Å². The number of para-hydroxylation sites is 1. The van der Waals surface area contributed by atoms with Gasteiger partial charge in [0.2, 0.25) is 5.91 Å². The van der Waals surface area contributed by atoms with E-state index in [4.69, 9.17) is 0 Å². The summed E-state index contributed by atoms with van der Waals surface area (Å²) in [6, 6.07) is 18.0. The van der Waals surface area contributed by atoms with Crippen molar-refractivity contribution >= 4 is 29.3 Å². The van der Waals surface area contributed by atoms with E-state index in [1.165, 1.54) is 17.8 Å². The molecule has 0 saturated carbocycles. The zero-order valence-corrected chi connectivity index (χ0v) is 20.1. The van der Waals surface area contributed by atoms with Crippen LogP contribution >= 0.6 is 11.8 Å². The fourth-order valence-corrected chi connectivity index (χ4v) is 5.61. The molecule has 0 bridgehead atoms. The molecular formula is C27H27FN4O2S. The first-order valence-corrected chi connectivity index (χ1v) is 12.7. The maximum Gasteiger partial charge on any atom is 0.261 e. The molecule has 1 aromatic heterocycles. The zero-order chi connectivity index (χ0) is 24.2. The minimum atomic E-state index is -0.220. The number of piperidine rings is 1. The lowest BCUT2D eigenvalue weighted by Crippen LogP contribution is -2.43. The number of nitrogens with zero attached hydrogens (tertiary/aromatic N) is 3. The minimum absolute atomic E-state index is 0.0448. The first-order chi connectivity index (χ1) is 17.1. The number of nitrogens with one attached hydrogen (secondary N) is 1. The third kappa shape index (κ3) is 5.39. The van der Waals surface area contributed by atoms with E-state index in [2.05, 4.69) is 15.2 Å². The van der Waals surface area contributed by atoms with E-state index in [9.17, 15) is 14.0 Å². The number of hydrogen-bond acceptors (Lipinski definition) is 5. The van der Waals surface area contributed by atoms with Gasteiger partial charge < -0.3 is 5.32 Å². The number of likely N-dealkylation sites (tertiary alicyclic amines) is 1. The van der Waals surface area contributed by atoms with Gasteiger partial charge in [0.25, 0.3) is 5.91 Å². The molecule has 2 aliphatic heterocycles. The molecule has 8 heteroatoms. The van der Waals surface area contributed by atoms with Crippen LogP contribution in [0.15, 0.2) is 76.8 Å². The lowest BCUT2D eigenvalue weighted by molar-refractivity contribution is -0.120. The summed E-state index contributed by atoms with van der Waals surface area (Å²) >= 11 is 1.44. The second kappa shape index (κ2) is 10.6. The quantitative estimate of drug-likeness (QED) is 0.556. The molecule has 6 nitrogen and oxygen atoms in total. The van der Waals surface area contributed by atoms with Crippen LogP contribution in [-0.4, -0.2) is 47.9 Å². The number of pyridine rings is 1. The molecule has 180 valence electrons. The predicted molar refractivity (Wildman–Crippen MR) is 134 cm³/mol. The minimum Gasteiger partial charge on any atom is -0.354 e. The molecular weight excluding hydrogens is 463 g/mol. The molecule has 0 unspecified atom stereocenters. The van der Waals surface area contributed by atoms with Crippen molar-refractivity contribution in [2.24, 2.45) is 5.92 Å². The lowest BCUT2D eigenvalue weighted by atomic mass is 9.96. The highest BCUT2D eigenvalue weighted by Crippen LogP contribution is 2.39. The van der Waals surface area contributed by atoms with Crippen molar-refractivity contribution < 1.29 is 14.0 Å². The van der Waals surface area contributed by atoms with Crippen LogP contribution in [0.3, 0.4) is 0 Å². The van der Waals surface area contributed by atoms with Crippen molar-refractivity contribution in [3.8, 4) is 0 Å². The summed E-state index contributed by atoms with van der Waals surface area (Å²) in [5.41, 5.74) is 1.94. The van der Waals surface area contributed by atoms with Gasteiger partial charge in [-0.1, -0.05) is 42.1 Å². The van der Waals surface area contributed by atoms with Crippen molar-refractivity contribution in [3.63, 3.8) is 0 Å². The second-order valence-electron chi connectivity index (χ2n) is 8.93. The highest BCUT2D eigenvalue weighted by molar-refractivity contribution is 7.99. The summed E-state index contributed by atoms with van der Waals surface area (Å²) in [4.78, 5) is 35.3. The summed E-state index contributed by atoms with van der Waals surface area (Å²) < 4.78 is 13.9. The van der Waals surface area contributed by atoms with E-state index in [1.807, 2.05) is 36.4 Å². The number of fused-ring (bicyclic) bond motifs is 2. The van der Waals surface area contributed by atoms with E-state index in [1.54, 1.807) is 29.3 Å². The van der Waals surface area contributed by atoms with Crippen LogP contribution in [0.4, 0.5) is 10.1 Å². The molecule has 0 spiro atoms. The Hall–Kier alpha value is -3.23. The van der Waals surface area contributed by atoms with Crippen LogP contribution in [0.5, 0.6) is 0 Å². The van der Waals surface area contributed by atoms with Crippen LogP contribution in [0.2, 0.25) is 0 Å². The van der Waals surface area contributed by atoms with Crippen molar-refractivity contribution in [3.05, 3.63) is 83.8 Å². The van der Waals surface area contributed by atoms with Crippen LogP contribution in [-0.2, 0) is 11.3 Å². The molecule has 0 atom stereocenters. The van der Waals surface area contributed by atoms with Crippen molar-refractivity contribution in [1.29, 1.82) is 0 Å². The number of benzene rings is 2. The average molecular weight is 491 g/mol. The third-order valence-electron chi connectivity index (χ3n) is 6.56. The van der Waals surface area contributed by atoms with E-state index in [0.717, 1.165) is 42.1 Å². The molecule has 2 amide bonds. The van der Waals surface area contributed by atoms with Gasteiger partial charge in [0.15, 0.2) is 0 Å². The number of aromatic nitrogens is 1. The third-order valence-corrected chi connectivity index (χ3v) is 7.64. The van der Waals surface area contributed by atoms with Gasteiger partial charge >= 0.3 is 0 Å². The zero-order valence-electron chi connectivity index (χ0n) is 19.3. The van der Waals surface area contributed by atoms with Crippen LogP contribution < -0.4 is 10.2 Å². The molecule has 1 fully saturated rings. The molecule has 3 heterocycles. The fraction of sp³-hybridized carbons (Fsp3) is 0.296. The molecule has 2 aromatic carbocycles. The molecule has 1 N–H and O–H groups in total. The molecule has 2 aliphatic rings. The maximum absolute atomic E-state index is 13.9. The van der Waals surface area contributed by atoms with E-state index in [-0.39, 0.29) is 24.2 Å². The number of carbonyl (C=O) groups excluding carboxylic acids is 2. The highest BCUT2D eigenvalue weighted by atomic mass is 32.2. The van der Waals surface area contributed by atoms with Gasteiger partial charge in [-0.25, -0.2) is 9.37 Å². The Labute approximate surface area is 208 Å². The summed E-state index contributed by atoms with van der Waals surface area (Å²) in [5.74, 6) is -0.201. The first kappa shape index (κ1) is 23.5. The largest absolute Gasteiger partial charge is 0.354 e. The van der Waals surface area contributed by atoms with E-state index >= 15 is 0 Å². The lowest BCUT2D eigenvalue weighted by Gasteiger charge is -2.32. The molecule has 5 rings (SSSR count). The van der Waals surface area contributed by atoms with Crippen LogP contribution in [0.25, 0.3) is 0 Å². The summed E-state index contributed by atoms with van der Waals surface area (Å²) in [6.07, 6.45) is 3.55. The topological polar surface area (TPSA) is 65.5 Å². The first-order valence-electron chi connectivity index (χ1n) is 11.8. The Balaban J connectivity index is 1.17. The Morgan fingerprint density at radius 3 is 2.66 bits per heavy atom. The fourth-order valence-electron chi connectivity index (χ4n) is 4.59. The van der Waals surface area contributed by atoms with Gasteiger partial charge in [-0.05, 0) is 62.2 Å². The van der Waals surface area contributed by atoms with Crippen molar-refractivity contribution in [2.75, 3.05) is 31.1 Å². The van der Waals surface area contributed by atoms with Gasteiger partial charge in [-0.3, -0.25) is 19.4 Å². The Bertz CT molecular complexity index is 1230. The van der Waals surface area contributed by atoms with Crippen molar-refractivity contribution in [2.45, 2.75) is 29.3 Å². The molecule has 3 aromatic rings. The van der Waals surface area contributed by atoms with Gasteiger partial charge in [0.05, 0.1) is 11.3 Å². The number of hydrogen-bond donors (Lipinski definition) is 1. The van der Waals surface area contributed by atoms with Gasteiger partial charge in [-0.2, -0.15) is 0 Å². The number of halogens is 1. The number of rotatable bonds is 6. The SMILES string of the molecule is O=C(CN1C(=O)c2cccnc2Sc2ccccc21)NCC1CCN(Cc2ccccc2F)CC1. The van der Waals surface area contributed by atoms with Crippen LogP contribution in [0, 0.1) is 11.7 Å². The standard InChI is InChI=1S/C27H27FN4O2S/c28-22-8-2-1-6-20(22)17-31-14-11-19(12-15-31)16-30-25(33)18-32-23-9-3-4-10-24(23)35-26-21(27(32)34)7-5-13-29-26/h1-10,13,19H,11-12,14-18H2,(H,30,33). The predicted octanol–water partition coefficient (Wildman–Crippen LogP) is 4.36. The molecule has 1 saturated heterocycles. The van der Waals surface area contributed by atoms with Gasteiger partial charge in [0, 0.05) is 29.7 Å². The number of anilines is 1. The van der Waals surface area contributed by atoms with E-state index in [0.29, 0.717) is 29.6 Å². The number of carbonyl (C=O) groups is 2. The normalized spacial score (nSPS) is 16.4. The number of amides is 2. The average Bonchev–Trinajstić information content (AvgIpc) is 2.99. The Morgan fingerprint density at radius 2 is 1.83 bits per heavy atom. The van der Waals surface area contributed by atoms with Crippen molar-refractivity contribution in [1.82, 2.24) is 15.2 Å². The summed E-state index contributed by atoms with van der Waals surface area (Å²) in [7, 11) is 0. The smallest absolute Gasteiger partial charge is 0.261 e. The molecule has 35 heavy (non-hydrogen) atoms. The highest BCUT2D eigenvalue weighted by Gasteiger charge is 2.29. The molecule has 0 aliphatic carbocycles. The van der Waals surface area contributed by atoms with Gasteiger partial charge in [-0.15, -0.1) is 0 Å². The molecule has 0 radical (unpaired) electrons. The van der Waals surface area contributed by atoms with Gasteiger partial charge in [0.1, 0.15) is 17.4 Å². The Morgan fingerprint density at radius 1 is 1.06 bits per heavy atom. The monoisotopic (exact) mass is 490 g/mol. The summed E-state index contributed by atoms with van der Waals surface area (Å²) in [5, 5.41) is 3.68. The maximum atomic E-state index is 13.9. The Kier molecular flexibility index (Phi) is 7.11. The second-order valence-corrected chi connectivity index (χ2v) is 9.96.